The molecule has 106 valence electrons. The van der Waals surface area contributed by atoms with Gasteiger partial charge in [-0.2, -0.15) is 0 Å². The summed E-state index contributed by atoms with van der Waals surface area (Å²) in [6, 6.07) is 7.28. The summed E-state index contributed by atoms with van der Waals surface area (Å²) in [5.41, 5.74) is 1.41. The number of nitrogens with zero attached hydrogens (tertiary/aromatic N) is 2. The van der Waals surface area contributed by atoms with Gasteiger partial charge in [0.05, 0.1) is 19.9 Å². The zero-order valence-electron chi connectivity index (χ0n) is 11.8. The highest BCUT2D eigenvalue weighted by Gasteiger charge is 2.10. The van der Waals surface area contributed by atoms with Crippen LogP contribution in [-0.2, 0) is 14.1 Å². The first-order valence-electron chi connectivity index (χ1n) is 5.99. The van der Waals surface area contributed by atoms with Crippen LogP contribution in [0.5, 0.6) is 11.5 Å². The van der Waals surface area contributed by atoms with Gasteiger partial charge in [-0.25, -0.2) is 4.79 Å². The molecule has 1 aromatic heterocycles. The molecule has 0 unspecified atom stereocenters. The molecule has 0 spiro atoms. The molecule has 1 aromatic carbocycles. The maximum atomic E-state index is 12.1. The molecule has 2 aromatic rings. The molecule has 20 heavy (non-hydrogen) atoms. The highest BCUT2D eigenvalue weighted by atomic mass is 32.1. The van der Waals surface area contributed by atoms with Gasteiger partial charge in [0, 0.05) is 19.7 Å². The predicted octanol–water partition coefficient (Wildman–Crippen LogP) is 2.14. The molecule has 0 aliphatic carbocycles. The van der Waals surface area contributed by atoms with Gasteiger partial charge in [0.25, 0.3) is 0 Å². The van der Waals surface area contributed by atoms with Crippen LogP contribution < -0.4 is 15.2 Å². The van der Waals surface area contributed by atoms with E-state index in [9.17, 15) is 4.79 Å². The first-order chi connectivity index (χ1) is 9.49. The van der Waals surface area contributed by atoms with Crippen LogP contribution in [0.25, 0.3) is 11.3 Å². The maximum Gasteiger partial charge on any atom is 0.329 e. The average Bonchev–Trinajstić information content (AvgIpc) is 2.48. The second-order valence-electron chi connectivity index (χ2n) is 4.34. The van der Waals surface area contributed by atoms with Crippen molar-refractivity contribution in [2.45, 2.75) is 0 Å². The number of hydrogen-bond acceptors (Lipinski definition) is 4. The molecule has 0 N–H and O–H groups in total. The molecule has 0 atom stereocenters. The van der Waals surface area contributed by atoms with Gasteiger partial charge in [0.1, 0.15) is 4.64 Å². The van der Waals surface area contributed by atoms with Crippen LogP contribution >= 0.6 is 12.2 Å². The van der Waals surface area contributed by atoms with E-state index < -0.39 is 0 Å². The normalized spacial score (nSPS) is 10.4. The Morgan fingerprint density at radius 1 is 1.00 bits per heavy atom. The third-order valence-electron chi connectivity index (χ3n) is 3.21. The van der Waals surface area contributed by atoms with Crippen LogP contribution in [0.4, 0.5) is 0 Å². The average molecular weight is 292 g/mol. The van der Waals surface area contributed by atoms with Crippen molar-refractivity contribution in [3.8, 4) is 22.8 Å². The number of aromatic nitrogens is 2. The first-order valence-corrected chi connectivity index (χ1v) is 6.40. The third-order valence-corrected chi connectivity index (χ3v) is 3.60. The van der Waals surface area contributed by atoms with E-state index in [4.69, 9.17) is 21.7 Å². The van der Waals surface area contributed by atoms with Crippen LogP contribution in [0, 0.1) is 4.64 Å². The smallest absolute Gasteiger partial charge is 0.329 e. The van der Waals surface area contributed by atoms with Crippen molar-refractivity contribution < 1.29 is 9.47 Å². The van der Waals surface area contributed by atoms with E-state index in [1.807, 2.05) is 12.1 Å². The van der Waals surface area contributed by atoms with Crippen LogP contribution in [0.3, 0.4) is 0 Å². The molecular formula is C14H16N2O3S. The summed E-state index contributed by atoms with van der Waals surface area (Å²) >= 11 is 5.19. The van der Waals surface area contributed by atoms with Gasteiger partial charge in [-0.1, -0.05) is 12.2 Å². The third kappa shape index (κ3) is 2.34. The van der Waals surface area contributed by atoms with Crippen molar-refractivity contribution in [1.29, 1.82) is 0 Å². The standard InChI is InChI=1S/C14H16N2O3S/c1-15-10(8-13(20)16(2)14(15)17)9-5-6-11(18-3)12(7-9)19-4/h5-8H,1-4H3. The Labute approximate surface area is 122 Å². The van der Waals surface area contributed by atoms with Crippen molar-refractivity contribution in [2.75, 3.05) is 14.2 Å². The molecule has 0 saturated heterocycles. The van der Waals surface area contributed by atoms with Crippen molar-refractivity contribution in [2.24, 2.45) is 14.1 Å². The Hall–Kier alpha value is -2.08. The zero-order valence-corrected chi connectivity index (χ0v) is 12.7. The van der Waals surface area contributed by atoms with Crippen LogP contribution in [-0.4, -0.2) is 23.4 Å². The molecular weight excluding hydrogens is 276 g/mol. The predicted molar refractivity (Wildman–Crippen MR) is 80.0 cm³/mol. The van der Waals surface area contributed by atoms with E-state index in [0.717, 1.165) is 11.3 Å². The fourth-order valence-electron chi connectivity index (χ4n) is 2.01. The van der Waals surface area contributed by atoms with Crippen LogP contribution in [0.15, 0.2) is 29.1 Å². The number of benzene rings is 1. The molecule has 0 aliphatic rings. The summed E-state index contributed by atoms with van der Waals surface area (Å²) in [5.74, 6) is 1.25. The minimum absolute atomic E-state index is 0.165. The highest BCUT2D eigenvalue weighted by molar-refractivity contribution is 7.71. The summed E-state index contributed by atoms with van der Waals surface area (Å²) in [5, 5.41) is 0. The second-order valence-corrected chi connectivity index (χ2v) is 4.76. The molecule has 2 rings (SSSR count). The van der Waals surface area contributed by atoms with Gasteiger partial charge in [-0.05, 0) is 24.3 Å². The minimum atomic E-state index is -0.165. The number of rotatable bonds is 3. The minimum Gasteiger partial charge on any atom is -0.493 e. The van der Waals surface area contributed by atoms with Gasteiger partial charge in [0.15, 0.2) is 11.5 Å². The Kier molecular flexibility index (Phi) is 3.94. The zero-order chi connectivity index (χ0) is 14.9. The van der Waals surface area contributed by atoms with Crippen molar-refractivity contribution in [3.63, 3.8) is 0 Å². The highest BCUT2D eigenvalue weighted by Crippen LogP contribution is 2.31. The topological polar surface area (TPSA) is 45.4 Å². The van der Waals surface area contributed by atoms with Crippen molar-refractivity contribution >= 4 is 12.2 Å². The molecule has 0 fully saturated rings. The Bertz CT molecular complexity index is 762. The van der Waals surface area contributed by atoms with Crippen LogP contribution in [0.2, 0.25) is 0 Å². The summed E-state index contributed by atoms with van der Waals surface area (Å²) < 4.78 is 14.0. The fraction of sp³-hybridized carbons (Fsp3) is 0.286. The van der Waals surface area contributed by atoms with Gasteiger partial charge >= 0.3 is 5.69 Å². The van der Waals surface area contributed by atoms with Crippen LogP contribution in [0.1, 0.15) is 0 Å². The number of methoxy groups -OCH3 is 2. The molecule has 6 heteroatoms. The van der Waals surface area contributed by atoms with Gasteiger partial charge < -0.3 is 9.47 Å². The Morgan fingerprint density at radius 2 is 1.65 bits per heavy atom. The van der Waals surface area contributed by atoms with E-state index in [1.165, 1.54) is 4.57 Å². The van der Waals surface area contributed by atoms with E-state index in [2.05, 4.69) is 0 Å². The fourth-order valence-corrected chi connectivity index (χ4v) is 2.20. The quantitative estimate of drug-likeness (QED) is 0.813. The molecule has 0 saturated carbocycles. The Balaban J connectivity index is 2.69. The molecule has 0 amide bonds. The second kappa shape index (κ2) is 5.50. The van der Waals surface area contributed by atoms with E-state index in [0.29, 0.717) is 16.1 Å². The number of hydrogen-bond donors (Lipinski definition) is 0. The maximum absolute atomic E-state index is 12.1. The van der Waals surface area contributed by atoms with Gasteiger partial charge in [-0.3, -0.25) is 9.13 Å². The van der Waals surface area contributed by atoms with Crippen molar-refractivity contribution in [3.05, 3.63) is 39.4 Å². The Morgan fingerprint density at radius 3 is 2.25 bits per heavy atom. The van der Waals surface area contributed by atoms with E-state index in [1.54, 1.807) is 45.0 Å². The molecule has 5 nitrogen and oxygen atoms in total. The lowest BCUT2D eigenvalue weighted by atomic mass is 10.1. The van der Waals surface area contributed by atoms with E-state index >= 15 is 0 Å². The molecule has 0 radical (unpaired) electrons. The lowest BCUT2D eigenvalue weighted by Crippen LogP contribution is -2.28. The lowest BCUT2D eigenvalue weighted by molar-refractivity contribution is 0.355. The lowest BCUT2D eigenvalue weighted by Gasteiger charge is -2.13. The SMILES string of the molecule is COc1ccc(-c2cc(=S)n(C)c(=O)n2C)cc1OC. The molecule has 0 bridgehead atoms. The van der Waals surface area contributed by atoms with Gasteiger partial charge in [-0.15, -0.1) is 0 Å². The van der Waals surface area contributed by atoms with E-state index in [-0.39, 0.29) is 5.69 Å². The molecule has 0 aliphatic heterocycles. The van der Waals surface area contributed by atoms with Crippen molar-refractivity contribution in [1.82, 2.24) is 9.13 Å². The first kappa shape index (κ1) is 14.3. The molecule has 1 heterocycles. The summed E-state index contributed by atoms with van der Waals surface area (Å²) in [4.78, 5) is 12.1. The monoisotopic (exact) mass is 292 g/mol. The summed E-state index contributed by atoms with van der Waals surface area (Å²) in [7, 11) is 6.52. The largest absolute Gasteiger partial charge is 0.493 e. The number of ether oxygens (including phenoxy) is 2. The summed E-state index contributed by atoms with van der Waals surface area (Å²) in [6.07, 6.45) is 0. The summed E-state index contributed by atoms with van der Waals surface area (Å²) in [6.45, 7) is 0. The van der Waals surface area contributed by atoms with Gasteiger partial charge in [0.2, 0.25) is 0 Å².